The monoisotopic (exact) mass is 509 g/mol. The Bertz CT molecular complexity index is 1130. The van der Waals surface area contributed by atoms with Gasteiger partial charge in [0.25, 0.3) is 0 Å². The summed E-state index contributed by atoms with van der Waals surface area (Å²) in [6, 6.07) is 20.6. The summed E-state index contributed by atoms with van der Waals surface area (Å²) >= 11 is 0. The molecular weight excluding hydrogens is 474 g/mol. The molecule has 5 nitrogen and oxygen atoms in total. The van der Waals surface area contributed by atoms with Gasteiger partial charge in [0, 0.05) is 12.1 Å². The van der Waals surface area contributed by atoms with Crippen molar-refractivity contribution < 1.29 is 36.0 Å². The molecule has 1 unspecified atom stereocenters. The molecule has 0 N–H and O–H groups in total. The van der Waals surface area contributed by atoms with Crippen LogP contribution in [-0.4, -0.2) is 24.6 Å². The van der Waals surface area contributed by atoms with Gasteiger partial charge in [-0.3, -0.25) is 0 Å². The average molecular weight is 510 g/mol. The van der Waals surface area contributed by atoms with Gasteiger partial charge in [-0.1, -0.05) is 71.9 Å². The van der Waals surface area contributed by atoms with Crippen molar-refractivity contribution >= 4 is 11.9 Å². The number of rotatable bonds is 7. The molecule has 6 heteroatoms. The Morgan fingerprint density at radius 2 is 1.17 bits per heavy atom. The van der Waals surface area contributed by atoms with Gasteiger partial charge in [-0.15, -0.1) is 0 Å². The van der Waals surface area contributed by atoms with Crippen LogP contribution in [0.3, 0.4) is 0 Å². The number of hydrogen-bond acceptors (Lipinski definition) is 4. The topological polar surface area (TPSA) is 56.5 Å². The van der Waals surface area contributed by atoms with E-state index in [2.05, 4.69) is 41.5 Å². The predicted molar refractivity (Wildman–Crippen MR) is 136 cm³/mol. The number of hydrogen-bond donors (Lipinski definition) is 0. The van der Waals surface area contributed by atoms with Gasteiger partial charge in [0.1, 0.15) is 6.61 Å². The van der Waals surface area contributed by atoms with E-state index in [0.717, 1.165) is 11.1 Å². The van der Waals surface area contributed by atoms with E-state index in [0.29, 0.717) is 17.7 Å². The Kier molecular flexibility index (Phi) is 9.83. The van der Waals surface area contributed by atoms with Crippen molar-refractivity contribution in [2.75, 3.05) is 6.61 Å². The van der Waals surface area contributed by atoms with Gasteiger partial charge in [0.2, 0.25) is 0 Å². The van der Waals surface area contributed by atoms with E-state index >= 15 is 0 Å². The highest BCUT2D eigenvalue weighted by Gasteiger charge is 2.24. The third-order valence-electron chi connectivity index (χ3n) is 5.84. The van der Waals surface area contributed by atoms with Gasteiger partial charge in [0.15, 0.2) is 25.0 Å². The summed E-state index contributed by atoms with van der Waals surface area (Å²) in [6.45, 7) is 13.1. The second kappa shape index (κ2) is 12.2. The lowest BCUT2D eigenvalue weighted by atomic mass is 9.87. The van der Waals surface area contributed by atoms with Crippen LogP contribution < -0.4 is 17.0 Å². The van der Waals surface area contributed by atoms with Crippen molar-refractivity contribution in [3.05, 3.63) is 101 Å². The van der Waals surface area contributed by atoms with E-state index in [4.69, 9.17) is 9.47 Å². The zero-order valence-electron chi connectivity index (χ0n) is 22.0. The van der Waals surface area contributed by atoms with Gasteiger partial charge in [0.05, 0.1) is 11.1 Å². The van der Waals surface area contributed by atoms with Gasteiger partial charge in [-0.05, 0) is 46.2 Å². The summed E-state index contributed by atoms with van der Waals surface area (Å²) in [4.78, 5) is 25.6. The molecule has 0 radical (unpaired) electrons. The maximum Gasteiger partial charge on any atom is 0.338 e. The van der Waals surface area contributed by atoms with Gasteiger partial charge < -0.3 is 21.9 Å². The number of halogens is 1. The van der Waals surface area contributed by atoms with Crippen LogP contribution in [0.2, 0.25) is 0 Å². The van der Waals surface area contributed by atoms with Gasteiger partial charge >= 0.3 is 11.9 Å². The fourth-order valence-corrected chi connectivity index (χ4v) is 3.60. The predicted octanol–water partition coefficient (Wildman–Crippen LogP) is 2.66. The second-order valence-electron chi connectivity index (χ2n) is 10.9. The Labute approximate surface area is 220 Å². The molecule has 2 aromatic carbocycles. The number of ether oxygens (including phenoxy) is 2. The maximum absolute atomic E-state index is 12.9. The van der Waals surface area contributed by atoms with E-state index in [1.807, 2.05) is 59.4 Å². The highest BCUT2D eigenvalue weighted by atomic mass is 35.5. The molecule has 3 aromatic rings. The van der Waals surface area contributed by atoms with Crippen LogP contribution in [0.5, 0.6) is 0 Å². The number of esters is 2. The summed E-state index contributed by atoms with van der Waals surface area (Å²) in [6.07, 6.45) is 3.12. The SMILES string of the molecule is CC(C)(C)c1ccc(C(=O)OCC(C[n+]2ccccc2)OC(=O)c2ccc(C(C)(C)C)cc2)cc1.[Cl-]. The standard InChI is InChI=1S/C30H36NO4.ClH/c1-29(2,3)24-14-10-22(11-15-24)27(32)34-21-26(20-31-18-8-7-9-19-31)35-28(33)23-12-16-25(17-13-23)30(4,5)6;/h7-19,26H,20-21H2,1-6H3;1H/q+1;/p-1. The molecule has 0 fully saturated rings. The molecule has 1 atom stereocenters. The van der Waals surface area contributed by atoms with Crippen LogP contribution >= 0.6 is 0 Å². The first-order valence-electron chi connectivity index (χ1n) is 12.0. The molecule has 192 valence electrons. The first-order chi connectivity index (χ1) is 16.4. The number of benzene rings is 2. The molecule has 0 bridgehead atoms. The van der Waals surface area contributed by atoms with E-state index < -0.39 is 18.0 Å². The lowest BCUT2D eigenvalue weighted by Crippen LogP contribution is -3.00. The third-order valence-corrected chi connectivity index (χ3v) is 5.84. The van der Waals surface area contributed by atoms with Crippen LogP contribution in [-0.2, 0) is 26.8 Å². The molecule has 0 saturated carbocycles. The Morgan fingerprint density at radius 3 is 1.61 bits per heavy atom. The van der Waals surface area contributed by atoms with Crippen LogP contribution in [0.4, 0.5) is 0 Å². The lowest BCUT2D eigenvalue weighted by Gasteiger charge is -2.20. The zero-order chi connectivity index (χ0) is 25.6. The number of pyridine rings is 1. The van der Waals surface area contributed by atoms with Crippen LogP contribution in [0, 0.1) is 0 Å². The minimum atomic E-state index is -0.644. The van der Waals surface area contributed by atoms with Crippen LogP contribution in [0.15, 0.2) is 79.1 Å². The van der Waals surface area contributed by atoms with Gasteiger partial charge in [-0.2, -0.15) is 0 Å². The zero-order valence-corrected chi connectivity index (χ0v) is 22.7. The normalized spacial score (nSPS) is 12.3. The van der Waals surface area contributed by atoms with E-state index in [1.54, 1.807) is 24.3 Å². The summed E-state index contributed by atoms with van der Waals surface area (Å²) < 4.78 is 13.2. The van der Waals surface area contributed by atoms with E-state index in [1.165, 1.54) is 0 Å². The van der Waals surface area contributed by atoms with Crippen LogP contribution in [0.25, 0.3) is 0 Å². The average Bonchev–Trinajstić information content (AvgIpc) is 2.82. The van der Waals surface area contributed by atoms with E-state index in [-0.39, 0.29) is 29.8 Å². The van der Waals surface area contributed by atoms with Crippen LogP contribution in [0.1, 0.15) is 73.4 Å². The van der Waals surface area contributed by atoms with Crippen molar-refractivity contribution in [3.63, 3.8) is 0 Å². The van der Waals surface area contributed by atoms with Gasteiger partial charge in [-0.25, -0.2) is 14.2 Å². The molecule has 0 saturated heterocycles. The fraction of sp³-hybridized carbons (Fsp3) is 0.367. The maximum atomic E-state index is 12.9. The number of aromatic nitrogens is 1. The summed E-state index contributed by atoms with van der Waals surface area (Å²) in [5.41, 5.74) is 3.20. The molecule has 3 rings (SSSR count). The smallest absolute Gasteiger partial charge is 0.338 e. The fourth-order valence-electron chi connectivity index (χ4n) is 3.60. The van der Waals surface area contributed by atoms with E-state index in [9.17, 15) is 9.59 Å². The summed E-state index contributed by atoms with van der Waals surface area (Å²) in [5.74, 6) is -0.892. The molecule has 1 aromatic heterocycles. The molecule has 0 aliphatic rings. The third kappa shape index (κ3) is 8.20. The first-order valence-corrected chi connectivity index (χ1v) is 12.0. The number of carbonyl (C=O) groups excluding carboxylic acids is 2. The summed E-state index contributed by atoms with van der Waals surface area (Å²) in [7, 11) is 0. The Hall–Kier alpha value is -3.18. The molecule has 0 aliphatic carbocycles. The molecule has 0 aliphatic heterocycles. The van der Waals surface area contributed by atoms with Crippen molar-refractivity contribution in [1.29, 1.82) is 0 Å². The Balaban J connectivity index is 0.00000456. The van der Waals surface area contributed by atoms with Crippen molar-refractivity contribution in [1.82, 2.24) is 0 Å². The summed E-state index contributed by atoms with van der Waals surface area (Å²) in [5, 5.41) is 0. The largest absolute Gasteiger partial charge is 1.00 e. The highest BCUT2D eigenvalue weighted by Crippen LogP contribution is 2.23. The lowest BCUT2D eigenvalue weighted by molar-refractivity contribution is -0.703. The molecule has 36 heavy (non-hydrogen) atoms. The highest BCUT2D eigenvalue weighted by molar-refractivity contribution is 5.90. The first kappa shape index (κ1) is 29.1. The van der Waals surface area contributed by atoms with Crippen molar-refractivity contribution in [2.45, 2.75) is 65.0 Å². The minimum Gasteiger partial charge on any atom is -1.00 e. The molecule has 0 spiro atoms. The van der Waals surface area contributed by atoms with Crippen molar-refractivity contribution in [2.24, 2.45) is 0 Å². The number of nitrogens with zero attached hydrogens (tertiary/aromatic N) is 1. The van der Waals surface area contributed by atoms with Crippen molar-refractivity contribution in [3.8, 4) is 0 Å². The molecule has 1 heterocycles. The Morgan fingerprint density at radius 1 is 0.722 bits per heavy atom. The molecule has 0 amide bonds. The minimum absolute atomic E-state index is 0. The second-order valence-corrected chi connectivity index (χ2v) is 10.9. The number of carbonyl (C=O) groups is 2. The quantitative estimate of drug-likeness (QED) is 0.363. The molecular formula is C30H36ClNO4.